The maximum absolute atomic E-state index is 10.8. The molecule has 0 aliphatic heterocycles. The van der Waals surface area contributed by atoms with Gasteiger partial charge in [0.2, 0.25) is 0 Å². The van der Waals surface area contributed by atoms with Gasteiger partial charge >= 0.3 is 12.0 Å². The summed E-state index contributed by atoms with van der Waals surface area (Å²) in [6.07, 6.45) is 1.15. The Hall–Kier alpha value is -2.30. The Kier molecular flexibility index (Phi) is 3.32. The van der Waals surface area contributed by atoms with Crippen LogP contribution in [0.2, 0.25) is 0 Å². The number of carboxylic acid groups (broad SMARTS) is 1. The third-order valence-corrected chi connectivity index (χ3v) is 2.60. The van der Waals surface area contributed by atoms with E-state index in [1.165, 1.54) is 0 Å². The smallest absolute Gasteiger partial charge is 0.357 e. The first kappa shape index (κ1) is 12.2. The number of anilines is 2. The molecular formula is C13H14N2O3. The van der Waals surface area contributed by atoms with Crippen molar-refractivity contribution in [2.75, 3.05) is 11.4 Å². The zero-order valence-electron chi connectivity index (χ0n) is 10.3. The van der Waals surface area contributed by atoms with E-state index in [1.54, 1.807) is 0 Å². The van der Waals surface area contributed by atoms with Gasteiger partial charge in [0.25, 0.3) is 0 Å². The van der Waals surface area contributed by atoms with Crippen LogP contribution in [0, 0.1) is 6.92 Å². The molecule has 0 amide bonds. The lowest BCUT2D eigenvalue weighted by atomic mass is 10.2. The van der Waals surface area contributed by atoms with Crippen LogP contribution in [0.25, 0.3) is 0 Å². The molecule has 2 aromatic rings. The highest BCUT2D eigenvalue weighted by Gasteiger charge is 2.16. The van der Waals surface area contributed by atoms with E-state index in [0.717, 1.165) is 17.5 Å². The molecule has 0 radical (unpaired) electrons. The molecular weight excluding hydrogens is 232 g/mol. The van der Waals surface area contributed by atoms with Gasteiger partial charge in [-0.3, -0.25) is 4.90 Å². The quantitative estimate of drug-likeness (QED) is 0.898. The predicted octanol–water partition coefficient (Wildman–Crippen LogP) is 2.84. The number of carbonyl (C=O) groups is 1. The summed E-state index contributed by atoms with van der Waals surface area (Å²) in [6, 6.07) is 8.16. The highest BCUT2D eigenvalue weighted by atomic mass is 16.4. The normalized spacial score (nSPS) is 10.3. The topological polar surface area (TPSA) is 66.6 Å². The molecule has 1 heterocycles. The molecule has 18 heavy (non-hydrogen) atoms. The van der Waals surface area contributed by atoms with E-state index < -0.39 is 5.97 Å². The number of aromatic nitrogens is 1. The molecule has 0 bridgehead atoms. The summed E-state index contributed by atoms with van der Waals surface area (Å²) in [5.74, 6) is -1.09. The van der Waals surface area contributed by atoms with E-state index in [2.05, 4.69) is 4.98 Å². The Morgan fingerprint density at radius 3 is 2.56 bits per heavy atom. The van der Waals surface area contributed by atoms with Crippen LogP contribution in [0.4, 0.5) is 11.7 Å². The Morgan fingerprint density at radius 1 is 1.39 bits per heavy atom. The molecule has 1 aromatic heterocycles. The predicted molar refractivity (Wildman–Crippen MR) is 67.3 cm³/mol. The molecule has 0 saturated heterocycles. The van der Waals surface area contributed by atoms with Crippen LogP contribution in [0.5, 0.6) is 0 Å². The third kappa shape index (κ3) is 2.34. The minimum Gasteiger partial charge on any atom is -0.476 e. The number of aryl methyl sites for hydroxylation is 1. The van der Waals surface area contributed by atoms with E-state index in [4.69, 9.17) is 9.52 Å². The lowest BCUT2D eigenvalue weighted by molar-refractivity contribution is 0.0690. The molecule has 1 N–H and O–H groups in total. The van der Waals surface area contributed by atoms with Crippen LogP contribution < -0.4 is 4.90 Å². The molecule has 5 heteroatoms. The minimum absolute atomic E-state index is 0.0874. The second kappa shape index (κ2) is 4.91. The summed E-state index contributed by atoms with van der Waals surface area (Å²) >= 11 is 0. The van der Waals surface area contributed by atoms with Crippen molar-refractivity contribution in [3.63, 3.8) is 0 Å². The number of oxazole rings is 1. The maximum atomic E-state index is 10.8. The van der Waals surface area contributed by atoms with Gasteiger partial charge < -0.3 is 9.52 Å². The lowest BCUT2D eigenvalue weighted by Crippen LogP contribution is -2.16. The summed E-state index contributed by atoms with van der Waals surface area (Å²) in [7, 11) is 0. The molecule has 0 spiro atoms. The molecule has 2 rings (SSSR count). The summed E-state index contributed by atoms with van der Waals surface area (Å²) in [5.41, 5.74) is 1.99. The molecule has 0 unspecified atom stereocenters. The van der Waals surface area contributed by atoms with E-state index >= 15 is 0 Å². The molecule has 0 aliphatic carbocycles. The van der Waals surface area contributed by atoms with Gasteiger partial charge in [0, 0.05) is 12.2 Å². The zero-order valence-corrected chi connectivity index (χ0v) is 10.3. The molecule has 0 fully saturated rings. The lowest BCUT2D eigenvalue weighted by Gasteiger charge is -2.18. The largest absolute Gasteiger partial charge is 0.476 e. The van der Waals surface area contributed by atoms with Crippen molar-refractivity contribution in [1.29, 1.82) is 0 Å². The zero-order chi connectivity index (χ0) is 13.1. The van der Waals surface area contributed by atoms with Crippen molar-refractivity contribution >= 4 is 17.7 Å². The number of hydrogen-bond acceptors (Lipinski definition) is 4. The fourth-order valence-electron chi connectivity index (χ4n) is 1.64. The van der Waals surface area contributed by atoms with Crippen LogP contribution in [-0.2, 0) is 0 Å². The summed E-state index contributed by atoms with van der Waals surface area (Å²) < 4.78 is 5.20. The average Bonchev–Trinajstić information content (AvgIpc) is 2.82. The fraction of sp³-hybridized carbons (Fsp3) is 0.231. The Balaban J connectivity index is 2.32. The van der Waals surface area contributed by atoms with Gasteiger partial charge in [-0.15, -0.1) is 0 Å². The van der Waals surface area contributed by atoms with Crippen molar-refractivity contribution in [3.05, 3.63) is 41.8 Å². The number of rotatable bonds is 4. The van der Waals surface area contributed by atoms with Crippen LogP contribution in [0.1, 0.15) is 23.0 Å². The van der Waals surface area contributed by atoms with Gasteiger partial charge in [-0.2, -0.15) is 4.98 Å². The van der Waals surface area contributed by atoms with Gasteiger partial charge in [0.15, 0.2) is 5.69 Å². The van der Waals surface area contributed by atoms with E-state index in [-0.39, 0.29) is 5.69 Å². The van der Waals surface area contributed by atoms with Crippen molar-refractivity contribution in [1.82, 2.24) is 4.98 Å². The molecule has 5 nitrogen and oxygen atoms in total. The van der Waals surface area contributed by atoms with Gasteiger partial charge in [-0.25, -0.2) is 4.79 Å². The Labute approximate surface area is 105 Å². The van der Waals surface area contributed by atoms with Crippen LogP contribution in [-0.4, -0.2) is 22.6 Å². The molecule has 0 atom stereocenters. The Morgan fingerprint density at radius 2 is 2.06 bits per heavy atom. The average molecular weight is 246 g/mol. The summed E-state index contributed by atoms with van der Waals surface area (Å²) in [4.78, 5) is 16.5. The van der Waals surface area contributed by atoms with Crippen molar-refractivity contribution < 1.29 is 14.3 Å². The molecule has 0 aliphatic rings. The second-order valence-electron chi connectivity index (χ2n) is 3.90. The van der Waals surface area contributed by atoms with Gasteiger partial charge in [-0.1, -0.05) is 17.7 Å². The van der Waals surface area contributed by atoms with Crippen LogP contribution >= 0.6 is 0 Å². The first-order valence-corrected chi connectivity index (χ1v) is 5.65. The van der Waals surface area contributed by atoms with E-state index in [0.29, 0.717) is 12.6 Å². The summed E-state index contributed by atoms with van der Waals surface area (Å²) in [6.45, 7) is 4.60. The minimum atomic E-state index is -1.09. The van der Waals surface area contributed by atoms with Crippen molar-refractivity contribution in [3.8, 4) is 0 Å². The van der Waals surface area contributed by atoms with E-state index in [1.807, 2.05) is 43.0 Å². The van der Waals surface area contributed by atoms with E-state index in [9.17, 15) is 4.79 Å². The van der Waals surface area contributed by atoms with Crippen LogP contribution in [0.15, 0.2) is 34.9 Å². The fourth-order valence-corrected chi connectivity index (χ4v) is 1.64. The number of hydrogen-bond donors (Lipinski definition) is 1. The van der Waals surface area contributed by atoms with Gasteiger partial charge in [0.05, 0.1) is 0 Å². The summed E-state index contributed by atoms with van der Waals surface area (Å²) in [5, 5.41) is 8.82. The second-order valence-corrected chi connectivity index (χ2v) is 3.90. The first-order chi connectivity index (χ1) is 8.61. The van der Waals surface area contributed by atoms with Gasteiger partial charge in [-0.05, 0) is 26.0 Å². The standard InChI is InChI=1S/C13H14N2O3/c1-3-15(10-6-4-9(2)5-7-10)13-14-11(8-18-13)12(16)17/h4-8H,3H2,1-2H3,(H,16,17). The molecule has 94 valence electrons. The number of carboxylic acids is 1. The Bertz CT molecular complexity index is 546. The first-order valence-electron chi connectivity index (χ1n) is 5.65. The SMILES string of the molecule is CCN(c1ccc(C)cc1)c1nc(C(=O)O)co1. The monoisotopic (exact) mass is 246 g/mol. The highest BCUT2D eigenvalue weighted by Crippen LogP contribution is 2.24. The van der Waals surface area contributed by atoms with Gasteiger partial charge in [0.1, 0.15) is 6.26 Å². The third-order valence-electron chi connectivity index (χ3n) is 2.60. The number of aromatic carboxylic acids is 1. The highest BCUT2D eigenvalue weighted by molar-refractivity contribution is 5.85. The molecule has 0 saturated carbocycles. The van der Waals surface area contributed by atoms with Crippen molar-refractivity contribution in [2.45, 2.75) is 13.8 Å². The number of nitrogens with zero attached hydrogens (tertiary/aromatic N) is 2. The number of benzene rings is 1. The maximum Gasteiger partial charge on any atom is 0.357 e. The van der Waals surface area contributed by atoms with Crippen LogP contribution in [0.3, 0.4) is 0 Å². The molecule has 1 aromatic carbocycles. The van der Waals surface area contributed by atoms with Crippen molar-refractivity contribution in [2.24, 2.45) is 0 Å².